The van der Waals surface area contributed by atoms with Gasteiger partial charge in [-0.25, -0.2) is 0 Å². The quantitative estimate of drug-likeness (QED) is 0.587. The molecule has 1 aliphatic heterocycles. The summed E-state index contributed by atoms with van der Waals surface area (Å²) in [5.74, 6) is -0.801. The van der Waals surface area contributed by atoms with Crippen LogP contribution in [0.15, 0.2) is 47.6 Å². The molecule has 2 nitrogen and oxygen atoms in total. The molecule has 1 aliphatic carbocycles. The van der Waals surface area contributed by atoms with Crippen molar-refractivity contribution in [3.8, 4) is 0 Å². The lowest BCUT2D eigenvalue weighted by Gasteiger charge is -2.34. The molecule has 1 fully saturated rings. The Balaban J connectivity index is 1.69. The van der Waals surface area contributed by atoms with Crippen molar-refractivity contribution in [2.45, 2.75) is 44.0 Å². The average Bonchev–Trinajstić information content (AvgIpc) is 2.66. The Morgan fingerprint density at radius 1 is 0.964 bits per heavy atom. The minimum atomic E-state index is -4.50. The monoisotopic (exact) mass is 403 g/mol. The number of allylic oxidation sites excluding steroid dienone is 3. The zero-order valence-corrected chi connectivity index (χ0v) is 14.9. The van der Waals surface area contributed by atoms with Gasteiger partial charge in [-0.15, -0.1) is 0 Å². The van der Waals surface area contributed by atoms with E-state index in [-0.39, 0.29) is 43.0 Å². The maximum absolute atomic E-state index is 13.2. The summed E-state index contributed by atoms with van der Waals surface area (Å²) in [6.45, 7) is 0.441. The van der Waals surface area contributed by atoms with Crippen LogP contribution in [0.1, 0.15) is 42.7 Å². The number of piperidine rings is 1. The van der Waals surface area contributed by atoms with E-state index in [1.165, 1.54) is 17.0 Å². The molecule has 0 N–H and O–H groups in total. The highest BCUT2D eigenvalue weighted by molar-refractivity contribution is 5.94. The summed E-state index contributed by atoms with van der Waals surface area (Å²) in [6, 6.07) is 5.39. The van der Waals surface area contributed by atoms with Crippen molar-refractivity contribution in [2.24, 2.45) is 0 Å². The number of hydrogen-bond acceptors (Lipinski definition) is 1. The lowest BCUT2D eigenvalue weighted by molar-refractivity contribution is -0.138. The second kappa shape index (κ2) is 7.64. The molecule has 0 atom stereocenters. The number of hydrogen-bond donors (Lipinski definition) is 0. The van der Waals surface area contributed by atoms with Gasteiger partial charge in [-0.1, -0.05) is 24.3 Å². The molecule has 8 heteroatoms. The second-order valence-electron chi connectivity index (χ2n) is 7.02. The van der Waals surface area contributed by atoms with Crippen molar-refractivity contribution in [2.75, 3.05) is 13.1 Å². The topological polar surface area (TPSA) is 20.3 Å². The predicted molar refractivity (Wildman–Crippen MR) is 91.5 cm³/mol. The lowest BCUT2D eigenvalue weighted by atomic mass is 9.86. The molecule has 1 heterocycles. The Hall–Kier alpha value is -2.25. The van der Waals surface area contributed by atoms with Crippen molar-refractivity contribution in [3.63, 3.8) is 0 Å². The Morgan fingerprint density at radius 3 is 2.21 bits per heavy atom. The minimum Gasteiger partial charge on any atom is -0.339 e. The van der Waals surface area contributed by atoms with E-state index < -0.39 is 29.4 Å². The first kappa shape index (κ1) is 20.5. The van der Waals surface area contributed by atoms with Crippen LogP contribution >= 0.6 is 0 Å². The van der Waals surface area contributed by atoms with Gasteiger partial charge in [-0.05, 0) is 49.3 Å². The molecule has 1 aromatic rings. The highest BCUT2D eigenvalue weighted by atomic mass is 19.4. The zero-order valence-electron chi connectivity index (χ0n) is 14.9. The fourth-order valence-electron chi connectivity index (χ4n) is 3.78. The summed E-state index contributed by atoms with van der Waals surface area (Å²) >= 11 is 0. The van der Waals surface area contributed by atoms with Gasteiger partial charge in [0.05, 0.1) is 11.1 Å². The van der Waals surface area contributed by atoms with Gasteiger partial charge in [0.25, 0.3) is 0 Å². The summed E-state index contributed by atoms with van der Waals surface area (Å²) in [4.78, 5) is 14.0. The largest absolute Gasteiger partial charge is 0.416 e. The van der Waals surface area contributed by atoms with Gasteiger partial charge >= 0.3 is 12.4 Å². The van der Waals surface area contributed by atoms with E-state index in [1.54, 1.807) is 6.07 Å². The Labute approximate surface area is 158 Å². The molecule has 0 radical (unpaired) electrons. The third kappa shape index (κ3) is 4.42. The van der Waals surface area contributed by atoms with Gasteiger partial charge in [-0.2, -0.15) is 26.3 Å². The lowest BCUT2D eigenvalue weighted by Crippen LogP contribution is -2.39. The van der Waals surface area contributed by atoms with Crippen LogP contribution in [0, 0.1) is 0 Å². The number of halogens is 6. The molecule has 0 aromatic heterocycles. The van der Waals surface area contributed by atoms with E-state index in [4.69, 9.17) is 0 Å². The number of carbonyl (C=O) groups is 1. The van der Waals surface area contributed by atoms with E-state index in [2.05, 4.69) is 0 Å². The van der Waals surface area contributed by atoms with Gasteiger partial charge in [-0.3, -0.25) is 4.79 Å². The van der Waals surface area contributed by atoms with Gasteiger partial charge in [0.1, 0.15) is 0 Å². The van der Waals surface area contributed by atoms with E-state index in [9.17, 15) is 31.1 Å². The van der Waals surface area contributed by atoms with Crippen molar-refractivity contribution in [1.29, 1.82) is 0 Å². The van der Waals surface area contributed by atoms with Gasteiger partial charge in [0.2, 0.25) is 5.91 Å². The molecular formula is C20H19F6NO. The maximum Gasteiger partial charge on any atom is 0.416 e. The highest BCUT2D eigenvalue weighted by Gasteiger charge is 2.37. The van der Waals surface area contributed by atoms with Crippen molar-refractivity contribution >= 4 is 5.91 Å². The standard InChI is InChI=1S/C20H19F6NO/c21-19(22,23)15-5-3-4-14(12-15)18(28)27-10-8-13(9-11-27)16-6-1-2-7-17(16)20(24,25)26/h1-2,5-7,12-13H,3-4,8-11H2. The molecule has 0 saturated carbocycles. The highest BCUT2D eigenvalue weighted by Crippen LogP contribution is 2.39. The zero-order chi connectivity index (χ0) is 20.5. The van der Waals surface area contributed by atoms with Crippen molar-refractivity contribution < 1.29 is 31.1 Å². The number of amides is 1. The molecule has 152 valence electrons. The fourth-order valence-corrected chi connectivity index (χ4v) is 3.78. The number of carbonyl (C=O) groups excluding carboxylic acids is 1. The number of likely N-dealkylation sites (tertiary alicyclic amines) is 1. The molecular weight excluding hydrogens is 384 g/mol. The molecule has 28 heavy (non-hydrogen) atoms. The number of benzene rings is 1. The third-order valence-corrected chi connectivity index (χ3v) is 5.20. The number of alkyl halides is 6. The predicted octanol–water partition coefficient (Wildman–Crippen LogP) is 5.62. The fraction of sp³-hybridized carbons (Fsp3) is 0.450. The number of nitrogens with zero attached hydrogens (tertiary/aromatic N) is 1. The van der Waals surface area contributed by atoms with Crippen molar-refractivity contribution in [1.82, 2.24) is 4.90 Å². The normalized spacial score (nSPS) is 19.3. The smallest absolute Gasteiger partial charge is 0.339 e. The molecule has 0 bridgehead atoms. The second-order valence-corrected chi connectivity index (χ2v) is 7.02. The molecule has 1 saturated heterocycles. The van der Waals surface area contributed by atoms with Crippen LogP contribution in [0.5, 0.6) is 0 Å². The van der Waals surface area contributed by atoms with Crippen LogP contribution in [0.4, 0.5) is 26.3 Å². The van der Waals surface area contributed by atoms with Crippen LogP contribution in [0.25, 0.3) is 0 Å². The first-order chi connectivity index (χ1) is 13.1. The number of rotatable bonds is 2. The molecule has 1 aromatic carbocycles. The average molecular weight is 403 g/mol. The van der Waals surface area contributed by atoms with E-state index in [1.807, 2.05) is 0 Å². The van der Waals surface area contributed by atoms with E-state index in [0.29, 0.717) is 12.8 Å². The van der Waals surface area contributed by atoms with Crippen LogP contribution in [-0.4, -0.2) is 30.1 Å². The summed E-state index contributed by atoms with van der Waals surface area (Å²) in [6.07, 6.45) is -5.94. The Morgan fingerprint density at radius 2 is 1.61 bits per heavy atom. The minimum absolute atomic E-state index is 0.101. The molecule has 1 amide bonds. The van der Waals surface area contributed by atoms with E-state index in [0.717, 1.165) is 18.2 Å². The van der Waals surface area contributed by atoms with Gasteiger partial charge in [0, 0.05) is 18.7 Å². The van der Waals surface area contributed by atoms with Crippen LogP contribution in [0.3, 0.4) is 0 Å². The SMILES string of the molecule is O=C(C1=CC(C(F)(F)F)=CCC1)N1CCC(c2ccccc2C(F)(F)F)CC1. The summed E-state index contributed by atoms with van der Waals surface area (Å²) in [5.41, 5.74) is -1.18. The summed E-state index contributed by atoms with van der Waals surface area (Å²) < 4.78 is 78.2. The first-order valence-electron chi connectivity index (χ1n) is 9.00. The molecule has 3 rings (SSSR count). The van der Waals surface area contributed by atoms with Crippen LogP contribution in [-0.2, 0) is 11.0 Å². The summed E-state index contributed by atoms with van der Waals surface area (Å²) in [5, 5.41) is 0. The molecule has 0 spiro atoms. The van der Waals surface area contributed by atoms with Crippen molar-refractivity contribution in [3.05, 3.63) is 58.7 Å². The maximum atomic E-state index is 13.2. The molecule has 0 unspecified atom stereocenters. The molecule has 2 aliphatic rings. The van der Waals surface area contributed by atoms with E-state index >= 15 is 0 Å². The van der Waals surface area contributed by atoms with Crippen LogP contribution in [0.2, 0.25) is 0 Å². The van der Waals surface area contributed by atoms with Crippen LogP contribution < -0.4 is 0 Å². The summed E-state index contributed by atoms with van der Waals surface area (Å²) in [7, 11) is 0. The Kier molecular flexibility index (Phi) is 5.59. The Bertz CT molecular complexity index is 798. The third-order valence-electron chi connectivity index (χ3n) is 5.20. The van der Waals surface area contributed by atoms with Gasteiger partial charge < -0.3 is 4.90 Å². The van der Waals surface area contributed by atoms with Gasteiger partial charge in [0.15, 0.2) is 0 Å². The first-order valence-corrected chi connectivity index (χ1v) is 9.00.